The fourth-order valence-electron chi connectivity index (χ4n) is 2.98. The highest BCUT2D eigenvalue weighted by atomic mass is 19.4. The molecule has 0 aliphatic heterocycles. The van der Waals surface area contributed by atoms with E-state index >= 15 is 0 Å². The van der Waals surface area contributed by atoms with Crippen LogP contribution in [0.2, 0.25) is 0 Å². The van der Waals surface area contributed by atoms with E-state index in [1.165, 1.54) is 69.6 Å². The maximum Gasteiger partial charge on any atom is 0.573 e. The van der Waals surface area contributed by atoms with Gasteiger partial charge >= 0.3 is 6.36 Å². The molecule has 0 fully saturated rings. The Kier molecular flexibility index (Phi) is 11.3. The second-order valence-electron chi connectivity index (χ2n) is 8.40. The SMILES string of the molecule is CCCCCCCCCCCCOc1ccc(OC(F)(F)F)c(OC(C)(C)C)c1. The zero-order chi connectivity index (χ0) is 21.8. The minimum absolute atomic E-state index is 0.0235. The molecule has 0 atom stereocenters. The lowest BCUT2D eigenvalue weighted by atomic mass is 10.1. The molecule has 0 saturated carbocycles. The van der Waals surface area contributed by atoms with E-state index in [1.807, 2.05) is 0 Å². The third-order valence-corrected chi connectivity index (χ3v) is 4.32. The van der Waals surface area contributed by atoms with Crippen molar-refractivity contribution in [3.8, 4) is 17.2 Å². The molecule has 0 N–H and O–H groups in total. The van der Waals surface area contributed by atoms with Crippen LogP contribution < -0.4 is 14.2 Å². The Bertz CT molecular complexity index is 565. The van der Waals surface area contributed by atoms with Crippen molar-refractivity contribution in [2.75, 3.05) is 6.61 Å². The van der Waals surface area contributed by atoms with Crippen molar-refractivity contribution >= 4 is 0 Å². The van der Waals surface area contributed by atoms with Gasteiger partial charge in [0.2, 0.25) is 0 Å². The van der Waals surface area contributed by atoms with E-state index < -0.39 is 12.0 Å². The summed E-state index contributed by atoms with van der Waals surface area (Å²) < 4.78 is 53.2. The van der Waals surface area contributed by atoms with Crippen LogP contribution in [0.3, 0.4) is 0 Å². The number of benzene rings is 1. The molecule has 0 aromatic heterocycles. The van der Waals surface area contributed by atoms with Crippen molar-refractivity contribution in [3.05, 3.63) is 18.2 Å². The van der Waals surface area contributed by atoms with Crippen molar-refractivity contribution in [2.24, 2.45) is 0 Å². The Labute approximate surface area is 173 Å². The zero-order valence-corrected chi connectivity index (χ0v) is 18.4. The summed E-state index contributed by atoms with van der Waals surface area (Å²) in [5, 5.41) is 0. The summed E-state index contributed by atoms with van der Waals surface area (Å²) in [6.45, 7) is 8.06. The van der Waals surface area contributed by atoms with Crippen molar-refractivity contribution in [1.82, 2.24) is 0 Å². The summed E-state index contributed by atoms with van der Waals surface area (Å²) in [6.07, 6.45) is 7.59. The van der Waals surface area contributed by atoms with E-state index in [9.17, 15) is 13.2 Å². The van der Waals surface area contributed by atoms with Gasteiger partial charge in [-0.05, 0) is 39.3 Å². The van der Waals surface area contributed by atoms with E-state index in [0.29, 0.717) is 12.4 Å². The van der Waals surface area contributed by atoms with E-state index in [4.69, 9.17) is 9.47 Å². The highest BCUT2D eigenvalue weighted by molar-refractivity contribution is 5.46. The predicted molar refractivity (Wildman–Crippen MR) is 111 cm³/mol. The number of halogens is 3. The zero-order valence-electron chi connectivity index (χ0n) is 18.4. The highest BCUT2D eigenvalue weighted by Gasteiger charge is 2.33. The normalized spacial score (nSPS) is 12.1. The summed E-state index contributed by atoms with van der Waals surface area (Å²) >= 11 is 0. The third-order valence-electron chi connectivity index (χ3n) is 4.32. The van der Waals surface area contributed by atoms with E-state index in [1.54, 1.807) is 20.8 Å². The molecule has 1 aromatic carbocycles. The second-order valence-corrected chi connectivity index (χ2v) is 8.40. The van der Waals surface area contributed by atoms with E-state index in [0.717, 1.165) is 12.8 Å². The average Bonchev–Trinajstić information content (AvgIpc) is 2.59. The smallest absolute Gasteiger partial charge is 0.493 e. The standard InChI is InChI=1S/C23H37F3O3/c1-5-6-7-8-9-10-11-12-13-14-17-27-19-15-16-20(29-23(24,25)26)21(18-19)28-22(2,3)4/h15-16,18H,5-14,17H2,1-4H3. The number of alkyl halides is 3. The van der Waals surface area contributed by atoms with Crippen molar-refractivity contribution in [1.29, 1.82) is 0 Å². The molecule has 0 radical (unpaired) electrons. The van der Waals surface area contributed by atoms with Crippen LogP contribution in [0.1, 0.15) is 91.9 Å². The van der Waals surface area contributed by atoms with Crippen LogP contribution in [0.15, 0.2) is 18.2 Å². The van der Waals surface area contributed by atoms with Gasteiger partial charge in [-0.1, -0.05) is 64.7 Å². The number of ether oxygens (including phenoxy) is 3. The molecule has 0 aliphatic carbocycles. The van der Waals surface area contributed by atoms with Crippen molar-refractivity contribution < 1.29 is 27.4 Å². The predicted octanol–water partition coefficient (Wildman–Crippen LogP) is 8.06. The van der Waals surface area contributed by atoms with Crippen molar-refractivity contribution in [3.63, 3.8) is 0 Å². The molecular weight excluding hydrogens is 381 g/mol. The van der Waals surface area contributed by atoms with Crippen LogP contribution >= 0.6 is 0 Å². The molecule has 29 heavy (non-hydrogen) atoms. The summed E-state index contributed by atoms with van der Waals surface area (Å²) in [6, 6.07) is 4.18. The molecule has 0 unspecified atom stereocenters. The Morgan fingerprint density at radius 2 is 1.28 bits per heavy atom. The fraction of sp³-hybridized carbons (Fsp3) is 0.739. The van der Waals surface area contributed by atoms with E-state index in [2.05, 4.69) is 11.7 Å². The Morgan fingerprint density at radius 3 is 1.79 bits per heavy atom. The van der Waals surface area contributed by atoms with Crippen LogP contribution in [-0.2, 0) is 0 Å². The first-order valence-corrected chi connectivity index (χ1v) is 10.8. The molecule has 3 nitrogen and oxygen atoms in total. The number of hydrogen-bond acceptors (Lipinski definition) is 3. The number of unbranched alkanes of at least 4 members (excludes halogenated alkanes) is 9. The molecular formula is C23H37F3O3. The number of hydrogen-bond donors (Lipinski definition) is 0. The van der Waals surface area contributed by atoms with Gasteiger partial charge in [-0.2, -0.15) is 0 Å². The van der Waals surface area contributed by atoms with Crippen LogP contribution in [0.25, 0.3) is 0 Å². The van der Waals surface area contributed by atoms with Gasteiger partial charge in [0.05, 0.1) is 6.61 Å². The molecule has 1 aromatic rings. The van der Waals surface area contributed by atoms with Gasteiger partial charge in [-0.15, -0.1) is 13.2 Å². The van der Waals surface area contributed by atoms with Gasteiger partial charge in [0.25, 0.3) is 0 Å². The quantitative estimate of drug-likeness (QED) is 0.286. The van der Waals surface area contributed by atoms with Gasteiger partial charge < -0.3 is 14.2 Å². The van der Waals surface area contributed by atoms with Gasteiger partial charge in [0.1, 0.15) is 11.4 Å². The Morgan fingerprint density at radius 1 is 0.724 bits per heavy atom. The summed E-state index contributed by atoms with van der Waals surface area (Å²) in [5.74, 6) is 0.142. The van der Waals surface area contributed by atoms with Crippen LogP contribution in [0.5, 0.6) is 17.2 Å². The first-order chi connectivity index (χ1) is 13.6. The highest BCUT2D eigenvalue weighted by Crippen LogP contribution is 2.37. The minimum atomic E-state index is -4.77. The molecule has 0 aliphatic rings. The van der Waals surface area contributed by atoms with Crippen LogP contribution in [0.4, 0.5) is 13.2 Å². The molecule has 0 heterocycles. The lowest BCUT2D eigenvalue weighted by Crippen LogP contribution is -2.24. The lowest BCUT2D eigenvalue weighted by Gasteiger charge is -2.24. The third kappa shape index (κ3) is 13.3. The summed E-state index contributed by atoms with van der Waals surface area (Å²) in [7, 11) is 0. The van der Waals surface area contributed by atoms with Crippen molar-refractivity contribution in [2.45, 2.75) is 104 Å². The summed E-state index contributed by atoms with van der Waals surface area (Å²) in [5.41, 5.74) is -0.654. The monoisotopic (exact) mass is 418 g/mol. The van der Waals surface area contributed by atoms with Gasteiger partial charge in [-0.3, -0.25) is 0 Å². The maximum atomic E-state index is 12.6. The lowest BCUT2D eigenvalue weighted by molar-refractivity contribution is -0.275. The molecule has 0 amide bonds. The molecule has 6 heteroatoms. The summed E-state index contributed by atoms with van der Waals surface area (Å²) in [4.78, 5) is 0. The number of rotatable bonds is 14. The maximum absolute atomic E-state index is 12.6. The fourth-order valence-corrected chi connectivity index (χ4v) is 2.98. The average molecular weight is 419 g/mol. The second kappa shape index (κ2) is 12.9. The van der Waals surface area contributed by atoms with E-state index in [-0.39, 0.29) is 11.5 Å². The molecule has 0 spiro atoms. The molecule has 168 valence electrons. The first kappa shape index (κ1) is 25.4. The minimum Gasteiger partial charge on any atom is -0.493 e. The van der Waals surface area contributed by atoms with Gasteiger partial charge in [0.15, 0.2) is 11.5 Å². The first-order valence-electron chi connectivity index (χ1n) is 10.8. The molecule has 1 rings (SSSR count). The Balaban J connectivity index is 2.37. The largest absolute Gasteiger partial charge is 0.573 e. The Hall–Kier alpha value is -1.59. The van der Waals surface area contributed by atoms with Crippen LogP contribution in [-0.4, -0.2) is 18.6 Å². The van der Waals surface area contributed by atoms with Gasteiger partial charge in [-0.25, -0.2) is 0 Å². The molecule has 0 saturated heterocycles. The molecule has 0 bridgehead atoms. The van der Waals surface area contributed by atoms with Crippen LogP contribution in [0, 0.1) is 0 Å². The van der Waals surface area contributed by atoms with Gasteiger partial charge in [0, 0.05) is 6.07 Å². The topological polar surface area (TPSA) is 27.7 Å².